The number of rotatable bonds is 0. The van der Waals surface area contributed by atoms with E-state index in [2.05, 4.69) is 6.92 Å². The van der Waals surface area contributed by atoms with Crippen LogP contribution in [0.4, 0.5) is 0 Å². The molecule has 1 fully saturated rings. The Labute approximate surface area is 56.0 Å². The van der Waals surface area contributed by atoms with E-state index in [1.807, 2.05) is 31.4 Å². The lowest BCUT2D eigenvalue weighted by Crippen LogP contribution is -1.97. The van der Waals surface area contributed by atoms with Gasteiger partial charge in [0.15, 0.2) is 0 Å². The van der Waals surface area contributed by atoms with Gasteiger partial charge in [-0.25, -0.2) is 0 Å². The van der Waals surface area contributed by atoms with Crippen LogP contribution in [0, 0.1) is 0 Å². The summed E-state index contributed by atoms with van der Waals surface area (Å²) in [6.07, 6.45) is 1.39. The molecule has 0 bridgehead atoms. The Hall–Kier alpha value is 1.05. The summed E-state index contributed by atoms with van der Waals surface area (Å²) < 4.78 is 0. The summed E-state index contributed by atoms with van der Waals surface area (Å²) in [5.74, 6) is 1.35. The van der Waals surface area contributed by atoms with Crippen molar-refractivity contribution in [1.29, 1.82) is 0 Å². The van der Waals surface area contributed by atoms with Crippen LogP contribution in [0.3, 0.4) is 0 Å². The lowest BCUT2D eigenvalue weighted by atomic mass is 10.4. The quantitative estimate of drug-likeness (QED) is 0.490. The summed E-state index contributed by atoms with van der Waals surface area (Å²) in [5.41, 5.74) is 0. The second-order valence-electron chi connectivity index (χ2n) is 1.59. The van der Waals surface area contributed by atoms with E-state index in [-0.39, 0.29) is 0 Å². The molecule has 1 aliphatic heterocycles. The van der Waals surface area contributed by atoms with Crippen molar-refractivity contribution in [1.82, 2.24) is 0 Å². The Morgan fingerprint density at radius 1 is 1.57 bits per heavy atom. The topological polar surface area (TPSA) is 0 Å². The van der Waals surface area contributed by atoms with Crippen molar-refractivity contribution >= 4 is 31.4 Å². The van der Waals surface area contributed by atoms with E-state index in [0.717, 1.165) is 5.25 Å². The standard InChI is InChI=1S/C4H8S3/c1-4-2-3-5-7-6-4/h4H,2-3H2,1H3/t4-/m1/s1. The van der Waals surface area contributed by atoms with Crippen molar-refractivity contribution in [2.24, 2.45) is 0 Å². The van der Waals surface area contributed by atoms with Crippen LogP contribution >= 0.6 is 31.4 Å². The van der Waals surface area contributed by atoms with Gasteiger partial charge in [0.1, 0.15) is 0 Å². The van der Waals surface area contributed by atoms with Gasteiger partial charge < -0.3 is 0 Å². The summed E-state index contributed by atoms with van der Waals surface area (Å²) in [6, 6.07) is 0. The minimum Gasteiger partial charge on any atom is -0.0825 e. The van der Waals surface area contributed by atoms with Crippen LogP contribution in [0.25, 0.3) is 0 Å². The predicted octanol–water partition coefficient (Wildman–Crippen LogP) is 2.81. The second kappa shape index (κ2) is 3.15. The maximum atomic E-state index is 2.29. The van der Waals surface area contributed by atoms with Gasteiger partial charge in [-0.15, -0.1) is 0 Å². The zero-order chi connectivity index (χ0) is 5.11. The van der Waals surface area contributed by atoms with E-state index in [4.69, 9.17) is 0 Å². The smallest absolute Gasteiger partial charge is 0.0139 e. The van der Waals surface area contributed by atoms with E-state index in [1.54, 1.807) is 0 Å². The Kier molecular flexibility index (Phi) is 2.78. The molecule has 1 heterocycles. The molecular weight excluding hydrogens is 144 g/mol. The fourth-order valence-corrected chi connectivity index (χ4v) is 5.13. The molecule has 7 heavy (non-hydrogen) atoms. The van der Waals surface area contributed by atoms with E-state index < -0.39 is 0 Å². The molecule has 0 aromatic rings. The molecular formula is C4H8S3. The van der Waals surface area contributed by atoms with Crippen LogP contribution in [0.15, 0.2) is 0 Å². The van der Waals surface area contributed by atoms with Gasteiger partial charge in [0, 0.05) is 11.0 Å². The summed E-state index contributed by atoms with van der Waals surface area (Å²) >= 11 is 0. The molecule has 1 atom stereocenters. The van der Waals surface area contributed by atoms with Gasteiger partial charge in [0.05, 0.1) is 0 Å². The normalized spacial score (nSPS) is 33.0. The number of hydrogen-bond donors (Lipinski definition) is 0. The maximum absolute atomic E-state index is 2.29. The third-order valence-electron chi connectivity index (χ3n) is 0.859. The van der Waals surface area contributed by atoms with Gasteiger partial charge in [-0.3, -0.25) is 0 Å². The number of hydrogen-bond acceptors (Lipinski definition) is 3. The van der Waals surface area contributed by atoms with E-state index in [9.17, 15) is 0 Å². The third kappa shape index (κ3) is 2.20. The monoisotopic (exact) mass is 152 g/mol. The van der Waals surface area contributed by atoms with E-state index in [0.29, 0.717) is 0 Å². The minimum atomic E-state index is 0.895. The Morgan fingerprint density at radius 2 is 2.43 bits per heavy atom. The molecule has 0 aliphatic carbocycles. The van der Waals surface area contributed by atoms with Gasteiger partial charge in [-0.1, -0.05) is 28.5 Å². The molecule has 0 nitrogen and oxygen atoms in total. The summed E-state index contributed by atoms with van der Waals surface area (Å²) in [6.45, 7) is 2.29. The summed E-state index contributed by atoms with van der Waals surface area (Å²) in [5, 5.41) is 0.895. The van der Waals surface area contributed by atoms with Crippen LogP contribution in [-0.4, -0.2) is 11.0 Å². The highest BCUT2D eigenvalue weighted by atomic mass is 33.5. The third-order valence-corrected chi connectivity index (χ3v) is 5.58. The average Bonchev–Trinajstić information content (AvgIpc) is 1.69. The molecule has 1 saturated heterocycles. The molecule has 1 aliphatic rings. The first-order valence-electron chi connectivity index (χ1n) is 2.34. The molecule has 0 aromatic heterocycles. The fraction of sp³-hybridized carbons (Fsp3) is 1.00. The van der Waals surface area contributed by atoms with Gasteiger partial charge in [0.25, 0.3) is 0 Å². The first-order valence-corrected chi connectivity index (χ1v) is 6.06. The van der Waals surface area contributed by atoms with Crippen LogP contribution in [0.1, 0.15) is 13.3 Å². The van der Waals surface area contributed by atoms with Crippen molar-refractivity contribution in [3.8, 4) is 0 Å². The predicted molar refractivity (Wildman–Crippen MR) is 41.7 cm³/mol. The molecule has 42 valence electrons. The molecule has 1 rings (SSSR count). The molecule has 0 saturated carbocycles. The first-order chi connectivity index (χ1) is 3.39. The molecule has 0 N–H and O–H groups in total. The SMILES string of the molecule is C[C@@H]1CCSSS1. The van der Waals surface area contributed by atoms with Crippen molar-refractivity contribution in [3.05, 3.63) is 0 Å². The van der Waals surface area contributed by atoms with Crippen LogP contribution < -0.4 is 0 Å². The van der Waals surface area contributed by atoms with Crippen LogP contribution in [0.5, 0.6) is 0 Å². The van der Waals surface area contributed by atoms with E-state index >= 15 is 0 Å². The van der Waals surface area contributed by atoms with Crippen molar-refractivity contribution < 1.29 is 0 Å². The Morgan fingerprint density at radius 3 is 2.71 bits per heavy atom. The largest absolute Gasteiger partial charge is 0.0825 e. The second-order valence-corrected chi connectivity index (χ2v) is 6.28. The molecule has 0 amide bonds. The van der Waals surface area contributed by atoms with Crippen LogP contribution in [0.2, 0.25) is 0 Å². The summed E-state index contributed by atoms with van der Waals surface area (Å²) in [4.78, 5) is 0. The van der Waals surface area contributed by atoms with Gasteiger partial charge in [-0.2, -0.15) is 0 Å². The zero-order valence-corrected chi connectivity index (χ0v) is 6.67. The molecule has 0 aromatic carbocycles. The highest BCUT2D eigenvalue weighted by Gasteiger charge is 2.08. The van der Waals surface area contributed by atoms with E-state index in [1.165, 1.54) is 12.2 Å². The molecule has 3 heteroatoms. The molecule has 0 unspecified atom stereocenters. The average molecular weight is 152 g/mol. The Balaban J connectivity index is 2.12. The van der Waals surface area contributed by atoms with Gasteiger partial charge >= 0.3 is 0 Å². The minimum absolute atomic E-state index is 0.895. The van der Waals surface area contributed by atoms with Crippen molar-refractivity contribution in [3.63, 3.8) is 0 Å². The van der Waals surface area contributed by atoms with Gasteiger partial charge in [0.2, 0.25) is 0 Å². The lowest BCUT2D eigenvalue weighted by Gasteiger charge is -2.13. The fourth-order valence-electron chi connectivity index (χ4n) is 0.391. The first kappa shape index (κ1) is 6.17. The van der Waals surface area contributed by atoms with Gasteiger partial charge in [-0.05, 0) is 16.2 Å². The van der Waals surface area contributed by atoms with Crippen molar-refractivity contribution in [2.75, 3.05) is 5.75 Å². The zero-order valence-electron chi connectivity index (χ0n) is 4.22. The van der Waals surface area contributed by atoms with Crippen molar-refractivity contribution in [2.45, 2.75) is 18.6 Å². The lowest BCUT2D eigenvalue weighted by molar-refractivity contribution is 0.924. The highest BCUT2D eigenvalue weighted by molar-refractivity contribution is 9.09. The van der Waals surface area contributed by atoms with Crippen LogP contribution in [-0.2, 0) is 0 Å². The Bertz CT molecular complexity index is 48.9. The summed E-state index contributed by atoms with van der Waals surface area (Å²) in [7, 11) is 5.91. The molecule has 0 spiro atoms. The molecule has 0 radical (unpaired) electrons. The maximum Gasteiger partial charge on any atom is 0.0139 e. The highest BCUT2D eigenvalue weighted by Crippen LogP contribution is 2.43.